The molecule has 0 bridgehead atoms. The van der Waals surface area contributed by atoms with Gasteiger partial charge in [-0.15, -0.1) is 24.0 Å². The van der Waals surface area contributed by atoms with Crippen LogP contribution in [-0.4, -0.2) is 81.4 Å². The smallest absolute Gasteiger partial charge is 0.191 e. The van der Waals surface area contributed by atoms with Crippen molar-refractivity contribution in [3.63, 3.8) is 0 Å². The van der Waals surface area contributed by atoms with Gasteiger partial charge in [-0.3, -0.25) is 4.99 Å². The average molecular weight is 522 g/mol. The summed E-state index contributed by atoms with van der Waals surface area (Å²) in [5, 5.41) is 6.78. The molecule has 0 radical (unpaired) electrons. The molecule has 2 rings (SSSR count). The first-order valence-electron chi connectivity index (χ1n) is 10.2. The number of anilines is 1. The highest BCUT2D eigenvalue weighted by atomic mass is 127. The van der Waals surface area contributed by atoms with Crippen LogP contribution in [0.5, 0.6) is 0 Å². The number of hydrogen-bond acceptors (Lipinski definition) is 5. The molecule has 0 amide bonds. The van der Waals surface area contributed by atoms with Crippen LogP contribution < -0.4 is 15.5 Å². The van der Waals surface area contributed by atoms with E-state index in [1.54, 1.807) is 12.3 Å². The van der Waals surface area contributed by atoms with Crippen molar-refractivity contribution < 1.29 is 9.13 Å². The molecule has 0 aromatic carbocycles. The standard InChI is InChI=1S/C20H35FN6O.HI/c1-5-22-20(24-14-17(28-6-2)10-12-26(3)4)25-16-9-13-27(15-16)19-18(21)8-7-11-23-19;/h7-8,11,16-17H,5-6,9-10,12-15H2,1-4H3,(H2,22,24,25);1H. The lowest BCUT2D eigenvalue weighted by atomic mass is 10.2. The van der Waals surface area contributed by atoms with Crippen molar-refractivity contribution in [1.82, 2.24) is 20.5 Å². The maximum atomic E-state index is 14.0. The van der Waals surface area contributed by atoms with Crippen molar-refractivity contribution in [2.24, 2.45) is 4.99 Å². The van der Waals surface area contributed by atoms with Gasteiger partial charge in [-0.25, -0.2) is 9.37 Å². The highest BCUT2D eigenvalue weighted by Gasteiger charge is 2.26. The number of ether oxygens (including phenoxy) is 1. The molecule has 2 heterocycles. The fourth-order valence-corrected chi connectivity index (χ4v) is 3.25. The number of guanidine groups is 1. The van der Waals surface area contributed by atoms with Crippen LogP contribution in [0.25, 0.3) is 0 Å². The second-order valence-electron chi connectivity index (χ2n) is 7.27. The first-order valence-corrected chi connectivity index (χ1v) is 10.2. The van der Waals surface area contributed by atoms with Gasteiger partial charge in [0.25, 0.3) is 0 Å². The molecule has 2 N–H and O–H groups in total. The Bertz CT molecular complexity index is 618. The summed E-state index contributed by atoms with van der Waals surface area (Å²) in [6, 6.07) is 3.27. The number of pyridine rings is 1. The van der Waals surface area contributed by atoms with Crippen molar-refractivity contribution in [3.05, 3.63) is 24.1 Å². The summed E-state index contributed by atoms with van der Waals surface area (Å²) < 4.78 is 19.8. The predicted octanol–water partition coefficient (Wildman–Crippen LogP) is 2.33. The Labute approximate surface area is 191 Å². The van der Waals surface area contributed by atoms with Gasteiger partial charge in [0.05, 0.1) is 12.6 Å². The normalized spacial score (nSPS) is 17.9. The van der Waals surface area contributed by atoms with E-state index in [9.17, 15) is 4.39 Å². The summed E-state index contributed by atoms with van der Waals surface area (Å²) in [6.45, 7) is 8.59. The van der Waals surface area contributed by atoms with Gasteiger partial charge in [-0.1, -0.05) is 0 Å². The lowest BCUT2D eigenvalue weighted by molar-refractivity contribution is 0.0582. The number of aliphatic imine (C=N–C) groups is 1. The Kier molecular flexibility index (Phi) is 12.4. The molecule has 166 valence electrons. The SMILES string of the molecule is CCNC(=NCC(CCN(C)C)OCC)NC1CCN(c2ncccc2F)C1.I. The maximum Gasteiger partial charge on any atom is 0.191 e. The number of hydrogen-bond donors (Lipinski definition) is 2. The lowest BCUT2D eigenvalue weighted by Gasteiger charge is -2.21. The van der Waals surface area contributed by atoms with Gasteiger partial charge in [-0.2, -0.15) is 0 Å². The molecule has 0 saturated carbocycles. The van der Waals surface area contributed by atoms with Crippen molar-refractivity contribution in [2.45, 2.75) is 38.8 Å². The van der Waals surface area contributed by atoms with Crippen LogP contribution in [0.4, 0.5) is 10.2 Å². The number of nitrogens with zero attached hydrogens (tertiary/aromatic N) is 4. The largest absolute Gasteiger partial charge is 0.377 e. The van der Waals surface area contributed by atoms with Crippen LogP contribution in [0, 0.1) is 5.82 Å². The van der Waals surface area contributed by atoms with Gasteiger partial charge in [0.1, 0.15) is 0 Å². The summed E-state index contributed by atoms with van der Waals surface area (Å²) in [4.78, 5) is 13.1. The van der Waals surface area contributed by atoms with Crippen molar-refractivity contribution in [1.29, 1.82) is 0 Å². The minimum Gasteiger partial charge on any atom is -0.377 e. The minimum absolute atomic E-state index is 0. The van der Waals surface area contributed by atoms with Crippen LogP contribution in [0.2, 0.25) is 0 Å². The van der Waals surface area contributed by atoms with E-state index in [-0.39, 0.29) is 41.9 Å². The second kappa shape index (κ2) is 13.9. The summed E-state index contributed by atoms with van der Waals surface area (Å²) in [7, 11) is 4.13. The highest BCUT2D eigenvalue weighted by Crippen LogP contribution is 2.20. The van der Waals surface area contributed by atoms with E-state index in [2.05, 4.69) is 34.6 Å². The van der Waals surface area contributed by atoms with Gasteiger partial charge in [0.2, 0.25) is 0 Å². The molecule has 1 aromatic rings. The van der Waals surface area contributed by atoms with Gasteiger partial charge >= 0.3 is 0 Å². The van der Waals surface area contributed by atoms with E-state index in [0.717, 1.165) is 38.4 Å². The van der Waals surface area contributed by atoms with E-state index < -0.39 is 0 Å². The van der Waals surface area contributed by atoms with Gasteiger partial charge in [-0.05, 0) is 52.9 Å². The summed E-state index contributed by atoms with van der Waals surface area (Å²) >= 11 is 0. The molecule has 1 aromatic heterocycles. The van der Waals surface area contributed by atoms with Crippen molar-refractivity contribution in [3.8, 4) is 0 Å². The van der Waals surface area contributed by atoms with Gasteiger partial charge in [0.15, 0.2) is 17.6 Å². The molecular formula is C20H36FIN6O. The van der Waals surface area contributed by atoms with Gasteiger partial charge < -0.3 is 25.2 Å². The fraction of sp³-hybridized carbons (Fsp3) is 0.700. The third-order valence-corrected chi connectivity index (χ3v) is 4.67. The molecule has 0 aliphatic carbocycles. The van der Waals surface area contributed by atoms with Crippen LogP contribution in [0.1, 0.15) is 26.7 Å². The Morgan fingerprint density at radius 2 is 2.24 bits per heavy atom. The molecule has 9 heteroatoms. The molecule has 1 saturated heterocycles. The highest BCUT2D eigenvalue weighted by molar-refractivity contribution is 14.0. The van der Waals surface area contributed by atoms with Gasteiger partial charge in [0, 0.05) is 45.0 Å². The minimum atomic E-state index is -0.274. The Balaban J connectivity index is 0.00000420. The zero-order valence-electron chi connectivity index (χ0n) is 18.0. The molecule has 7 nitrogen and oxygen atoms in total. The average Bonchev–Trinajstić information content (AvgIpc) is 3.12. The lowest BCUT2D eigenvalue weighted by Crippen LogP contribution is -2.45. The van der Waals surface area contributed by atoms with Crippen LogP contribution >= 0.6 is 24.0 Å². The van der Waals surface area contributed by atoms with E-state index in [0.29, 0.717) is 25.5 Å². The predicted molar refractivity (Wildman–Crippen MR) is 128 cm³/mol. The first-order chi connectivity index (χ1) is 13.5. The number of aromatic nitrogens is 1. The van der Waals surface area contributed by atoms with E-state index in [4.69, 9.17) is 9.73 Å². The third-order valence-electron chi connectivity index (χ3n) is 4.67. The third kappa shape index (κ3) is 9.00. The van der Waals surface area contributed by atoms with Crippen molar-refractivity contribution in [2.75, 3.05) is 58.3 Å². The molecule has 0 spiro atoms. The number of nitrogens with one attached hydrogen (secondary N) is 2. The molecular weight excluding hydrogens is 486 g/mol. The zero-order chi connectivity index (χ0) is 20.4. The topological polar surface area (TPSA) is 65.0 Å². The van der Waals surface area contributed by atoms with E-state index in [1.807, 2.05) is 18.7 Å². The molecule has 1 aliphatic heterocycles. The summed E-state index contributed by atoms with van der Waals surface area (Å²) in [6.07, 6.45) is 3.59. The fourth-order valence-electron chi connectivity index (χ4n) is 3.25. The van der Waals surface area contributed by atoms with Crippen LogP contribution in [0.3, 0.4) is 0 Å². The Morgan fingerprint density at radius 3 is 2.90 bits per heavy atom. The Hall–Kier alpha value is -1.20. The van der Waals surface area contributed by atoms with E-state index >= 15 is 0 Å². The number of rotatable bonds is 10. The molecule has 29 heavy (non-hydrogen) atoms. The van der Waals surface area contributed by atoms with Crippen molar-refractivity contribution >= 4 is 35.8 Å². The number of halogens is 2. The van der Waals surface area contributed by atoms with Crippen LogP contribution in [0.15, 0.2) is 23.3 Å². The summed E-state index contributed by atoms with van der Waals surface area (Å²) in [5.74, 6) is 0.934. The zero-order valence-corrected chi connectivity index (χ0v) is 20.4. The summed E-state index contributed by atoms with van der Waals surface area (Å²) in [5.41, 5.74) is 0. The molecule has 1 aliphatic rings. The van der Waals surface area contributed by atoms with E-state index in [1.165, 1.54) is 6.07 Å². The second-order valence-corrected chi connectivity index (χ2v) is 7.27. The Morgan fingerprint density at radius 1 is 1.45 bits per heavy atom. The monoisotopic (exact) mass is 522 g/mol. The maximum absolute atomic E-state index is 14.0. The molecule has 2 unspecified atom stereocenters. The quantitative estimate of drug-likeness (QED) is 0.280. The van der Waals surface area contributed by atoms with Crippen LogP contribution in [-0.2, 0) is 4.74 Å². The first kappa shape index (κ1) is 25.8. The molecule has 2 atom stereocenters. The molecule has 1 fully saturated rings.